The zero-order valence-corrected chi connectivity index (χ0v) is 7.50. The summed E-state index contributed by atoms with van der Waals surface area (Å²) in [5.74, 6) is -0.366. The second-order valence-corrected chi connectivity index (χ2v) is 2.92. The highest BCUT2D eigenvalue weighted by Crippen LogP contribution is 2.26. The molecule has 0 rings (SSSR count). The van der Waals surface area contributed by atoms with Crippen LogP contribution < -0.4 is 0 Å². The molecule has 0 N–H and O–H groups in total. The van der Waals surface area contributed by atoms with Crippen LogP contribution in [0.5, 0.6) is 0 Å². The van der Waals surface area contributed by atoms with Crippen LogP contribution in [-0.2, 0) is 14.3 Å². The van der Waals surface area contributed by atoms with E-state index in [1.54, 1.807) is 13.0 Å². The van der Waals surface area contributed by atoms with E-state index >= 15 is 0 Å². The predicted octanol–water partition coefficient (Wildman–Crippen LogP) is 1.33. The van der Waals surface area contributed by atoms with Crippen LogP contribution in [0.3, 0.4) is 0 Å². The van der Waals surface area contributed by atoms with Crippen LogP contribution in [0, 0.1) is 5.41 Å². The first kappa shape index (κ1) is 10.9. The molecule has 0 bridgehead atoms. The van der Waals surface area contributed by atoms with Crippen LogP contribution in [0.1, 0.15) is 19.8 Å². The number of carbonyl (C=O) groups is 2. The molecule has 12 heavy (non-hydrogen) atoms. The molecule has 0 spiro atoms. The van der Waals surface area contributed by atoms with Crippen LogP contribution in [0.4, 0.5) is 0 Å². The SMILES string of the molecule is C=CCC(C)(CC=O)C(=O)OC. The smallest absolute Gasteiger partial charge is 0.312 e. The molecule has 0 aromatic heterocycles. The Hall–Kier alpha value is -1.12. The molecule has 0 radical (unpaired) electrons. The maximum absolute atomic E-state index is 11.2. The Kier molecular flexibility index (Phi) is 4.26. The van der Waals surface area contributed by atoms with Gasteiger partial charge in [0.05, 0.1) is 12.5 Å². The molecule has 3 nitrogen and oxygen atoms in total. The van der Waals surface area contributed by atoms with Crippen LogP contribution in [-0.4, -0.2) is 19.4 Å². The highest BCUT2D eigenvalue weighted by molar-refractivity contribution is 5.79. The molecule has 0 amide bonds. The van der Waals surface area contributed by atoms with Gasteiger partial charge in [-0.05, 0) is 13.3 Å². The van der Waals surface area contributed by atoms with Crippen molar-refractivity contribution in [3.05, 3.63) is 12.7 Å². The van der Waals surface area contributed by atoms with E-state index in [9.17, 15) is 9.59 Å². The highest BCUT2D eigenvalue weighted by atomic mass is 16.5. The van der Waals surface area contributed by atoms with Crippen LogP contribution in [0.15, 0.2) is 12.7 Å². The Bertz CT molecular complexity index is 174. The maximum atomic E-state index is 11.2. The molecule has 0 aromatic rings. The van der Waals surface area contributed by atoms with Gasteiger partial charge in [-0.3, -0.25) is 4.79 Å². The molecule has 1 atom stereocenters. The monoisotopic (exact) mass is 170 g/mol. The summed E-state index contributed by atoms with van der Waals surface area (Å²) in [6, 6.07) is 0. The average molecular weight is 170 g/mol. The Morgan fingerprint density at radius 2 is 2.17 bits per heavy atom. The lowest BCUT2D eigenvalue weighted by atomic mass is 9.84. The van der Waals surface area contributed by atoms with Gasteiger partial charge < -0.3 is 9.53 Å². The molecule has 0 aliphatic heterocycles. The quantitative estimate of drug-likeness (QED) is 0.355. The van der Waals surface area contributed by atoms with Gasteiger partial charge in [0, 0.05) is 6.42 Å². The summed E-state index contributed by atoms with van der Waals surface area (Å²) < 4.78 is 4.57. The van der Waals surface area contributed by atoms with Crippen molar-refractivity contribution in [2.24, 2.45) is 5.41 Å². The Morgan fingerprint density at radius 3 is 2.50 bits per heavy atom. The molecule has 3 heteroatoms. The van der Waals surface area contributed by atoms with E-state index in [0.29, 0.717) is 6.42 Å². The normalized spacial score (nSPS) is 14.5. The fraction of sp³-hybridized carbons (Fsp3) is 0.556. The minimum absolute atomic E-state index is 0.172. The summed E-state index contributed by atoms with van der Waals surface area (Å²) in [6.45, 7) is 5.21. The molecule has 0 fully saturated rings. The van der Waals surface area contributed by atoms with Crippen molar-refractivity contribution >= 4 is 12.3 Å². The van der Waals surface area contributed by atoms with E-state index < -0.39 is 5.41 Å². The molecule has 0 aliphatic rings. The minimum Gasteiger partial charge on any atom is -0.469 e. The van der Waals surface area contributed by atoms with Crippen LogP contribution in [0.2, 0.25) is 0 Å². The van der Waals surface area contributed by atoms with Crippen molar-refractivity contribution in [3.63, 3.8) is 0 Å². The largest absolute Gasteiger partial charge is 0.469 e. The topological polar surface area (TPSA) is 43.4 Å². The molecular weight excluding hydrogens is 156 g/mol. The summed E-state index contributed by atoms with van der Waals surface area (Å²) in [5, 5.41) is 0. The van der Waals surface area contributed by atoms with Gasteiger partial charge in [-0.1, -0.05) is 6.08 Å². The van der Waals surface area contributed by atoms with E-state index in [2.05, 4.69) is 11.3 Å². The number of esters is 1. The zero-order chi connectivity index (χ0) is 9.61. The lowest BCUT2D eigenvalue weighted by molar-refractivity contribution is -0.152. The molecule has 0 heterocycles. The minimum atomic E-state index is -0.738. The second-order valence-electron chi connectivity index (χ2n) is 2.92. The number of hydrogen-bond donors (Lipinski definition) is 0. The molecule has 1 unspecified atom stereocenters. The van der Waals surface area contributed by atoms with E-state index in [1.165, 1.54) is 7.11 Å². The lowest BCUT2D eigenvalue weighted by Gasteiger charge is -2.22. The van der Waals surface area contributed by atoms with Crippen molar-refractivity contribution in [2.45, 2.75) is 19.8 Å². The van der Waals surface area contributed by atoms with Crippen molar-refractivity contribution in [1.29, 1.82) is 0 Å². The number of aldehydes is 1. The number of methoxy groups -OCH3 is 1. The number of rotatable bonds is 5. The van der Waals surface area contributed by atoms with Crippen molar-refractivity contribution < 1.29 is 14.3 Å². The van der Waals surface area contributed by atoms with Gasteiger partial charge in [-0.25, -0.2) is 0 Å². The molecule has 0 saturated heterocycles. The summed E-state index contributed by atoms with van der Waals surface area (Å²) in [5.41, 5.74) is -0.738. The first-order chi connectivity index (χ1) is 5.60. The van der Waals surface area contributed by atoms with E-state index in [4.69, 9.17) is 0 Å². The molecule has 0 aromatic carbocycles. The first-order valence-corrected chi connectivity index (χ1v) is 3.73. The maximum Gasteiger partial charge on any atom is 0.312 e. The van der Waals surface area contributed by atoms with Gasteiger partial charge in [0.1, 0.15) is 6.29 Å². The number of ether oxygens (including phenoxy) is 1. The van der Waals surface area contributed by atoms with Gasteiger partial charge in [-0.15, -0.1) is 6.58 Å². The Balaban J connectivity index is 4.46. The van der Waals surface area contributed by atoms with E-state index in [-0.39, 0.29) is 12.4 Å². The van der Waals surface area contributed by atoms with Gasteiger partial charge in [0.25, 0.3) is 0 Å². The van der Waals surface area contributed by atoms with Crippen LogP contribution >= 0.6 is 0 Å². The summed E-state index contributed by atoms with van der Waals surface area (Å²) in [7, 11) is 1.31. The molecular formula is C9H14O3. The summed E-state index contributed by atoms with van der Waals surface area (Å²) in [4.78, 5) is 21.5. The second kappa shape index (κ2) is 4.70. The number of hydrogen-bond acceptors (Lipinski definition) is 3. The first-order valence-electron chi connectivity index (χ1n) is 3.73. The van der Waals surface area contributed by atoms with Crippen molar-refractivity contribution in [3.8, 4) is 0 Å². The third kappa shape index (κ3) is 2.49. The molecule has 68 valence electrons. The third-order valence-electron chi connectivity index (χ3n) is 1.81. The summed E-state index contributed by atoms with van der Waals surface area (Å²) in [6.07, 6.45) is 2.96. The Labute approximate surface area is 72.4 Å². The fourth-order valence-corrected chi connectivity index (χ4v) is 0.999. The van der Waals surface area contributed by atoms with Gasteiger partial charge >= 0.3 is 5.97 Å². The predicted molar refractivity (Wildman–Crippen MR) is 45.6 cm³/mol. The fourth-order valence-electron chi connectivity index (χ4n) is 0.999. The molecule has 0 aliphatic carbocycles. The average Bonchev–Trinajstić information content (AvgIpc) is 2.04. The highest BCUT2D eigenvalue weighted by Gasteiger charge is 2.32. The van der Waals surface area contributed by atoms with E-state index in [0.717, 1.165) is 6.29 Å². The van der Waals surface area contributed by atoms with Gasteiger partial charge in [-0.2, -0.15) is 0 Å². The number of allylic oxidation sites excluding steroid dienone is 1. The number of carbonyl (C=O) groups excluding carboxylic acids is 2. The molecule has 0 saturated carbocycles. The van der Waals surface area contributed by atoms with Gasteiger partial charge in [0.2, 0.25) is 0 Å². The van der Waals surface area contributed by atoms with Crippen molar-refractivity contribution in [2.75, 3.05) is 7.11 Å². The third-order valence-corrected chi connectivity index (χ3v) is 1.81. The summed E-state index contributed by atoms with van der Waals surface area (Å²) >= 11 is 0. The lowest BCUT2D eigenvalue weighted by Crippen LogP contribution is -2.28. The standard InChI is InChI=1S/C9H14O3/c1-4-5-9(2,6-7-10)8(11)12-3/h4,7H,1,5-6H2,2-3H3. The van der Waals surface area contributed by atoms with E-state index in [1.807, 2.05) is 0 Å². The zero-order valence-electron chi connectivity index (χ0n) is 7.50. The van der Waals surface area contributed by atoms with Crippen molar-refractivity contribution in [1.82, 2.24) is 0 Å². The van der Waals surface area contributed by atoms with Gasteiger partial charge in [0.15, 0.2) is 0 Å². The Morgan fingerprint density at radius 1 is 1.58 bits per heavy atom. The van der Waals surface area contributed by atoms with Crippen LogP contribution in [0.25, 0.3) is 0 Å².